The molecule has 0 aliphatic carbocycles. The average Bonchev–Trinajstić information content (AvgIpc) is 3.64. The van der Waals surface area contributed by atoms with Crippen LogP contribution >= 0.6 is 0 Å². The molecule has 0 atom stereocenters. The molecule has 0 amide bonds. The number of furan rings is 1. The van der Waals surface area contributed by atoms with Gasteiger partial charge >= 0.3 is 0 Å². The molecule has 2 aromatic heterocycles. The number of nitrogens with zero attached hydrogens (tertiary/aromatic N) is 2. The lowest BCUT2D eigenvalue weighted by molar-refractivity contribution is 0.673. The monoisotopic (exact) mass is 676 g/mol. The highest BCUT2D eigenvalue weighted by atomic mass is 16.3. The highest BCUT2D eigenvalue weighted by molar-refractivity contribution is 6.22. The minimum Gasteiger partial charge on any atom is -0.455 e. The molecule has 2 heterocycles. The van der Waals surface area contributed by atoms with Gasteiger partial charge < -0.3 is 4.42 Å². The third-order valence-electron chi connectivity index (χ3n) is 10.1. The normalized spacial score (nSPS) is 11.4. The van der Waals surface area contributed by atoms with E-state index in [1.807, 2.05) is 36.4 Å². The van der Waals surface area contributed by atoms with Crippen molar-refractivity contribution in [3.8, 4) is 67.3 Å². The van der Waals surface area contributed by atoms with E-state index in [2.05, 4.69) is 158 Å². The summed E-state index contributed by atoms with van der Waals surface area (Å²) >= 11 is 0. The third kappa shape index (κ3) is 5.56. The van der Waals surface area contributed by atoms with Gasteiger partial charge in [-0.15, -0.1) is 0 Å². The van der Waals surface area contributed by atoms with Crippen molar-refractivity contribution < 1.29 is 4.42 Å². The van der Waals surface area contributed by atoms with Crippen molar-refractivity contribution in [2.75, 3.05) is 0 Å². The van der Waals surface area contributed by atoms with Gasteiger partial charge in [0.2, 0.25) is 0 Å². The minimum atomic E-state index is 0.714. The summed E-state index contributed by atoms with van der Waals surface area (Å²) in [6, 6.07) is 67.9. The molecule has 3 nitrogen and oxygen atoms in total. The van der Waals surface area contributed by atoms with Gasteiger partial charge in [0, 0.05) is 32.8 Å². The second-order valence-electron chi connectivity index (χ2n) is 13.3. The standard InChI is InChI=1S/C50H32N2O/c1-4-13-35(14-5-1)43-31-44-48-40(21-12-22-47(48)53-49(44)42-20-11-10-19-41(42)43)36-27-23-33(24-28-36)34-25-29-38(30-26-34)46-32-45(37-15-6-2-7-16-37)51-50(52-46)39-17-8-3-9-18-39/h1-32H. The van der Waals surface area contributed by atoms with Crippen molar-refractivity contribution in [3.63, 3.8) is 0 Å². The van der Waals surface area contributed by atoms with Crippen LogP contribution in [0, 0.1) is 0 Å². The average molecular weight is 677 g/mol. The van der Waals surface area contributed by atoms with Crippen LogP contribution in [-0.4, -0.2) is 9.97 Å². The summed E-state index contributed by atoms with van der Waals surface area (Å²) in [6.45, 7) is 0. The topological polar surface area (TPSA) is 38.9 Å². The molecule has 0 aliphatic heterocycles. The lowest BCUT2D eigenvalue weighted by atomic mass is 9.93. The van der Waals surface area contributed by atoms with Gasteiger partial charge in [-0.05, 0) is 57.0 Å². The Bertz CT molecular complexity index is 2840. The molecule has 0 radical (unpaired) electrons. The zero-order chi connectivity index (χ0) is 35.1. The first-order chi connectivity index (χ1) is 26.3. The fraction of sp³-hybridized carbons (Fsp3) is 0. The number of aromatic nitrogens is 2. The van der Waals surface area contributed by atoms with Gasteiger partial charge in [-0.25, -0.2) is 9.97 Å². The van der Waals surface area contributed by atoms with E-state index in [0.717, 1.165) is 77.7 Å². The molecule has 10 aromatic rings. The molecule has 3 heteroatoms. The lowest BCUT2D eigenvalue weighted by Crippen LogP contribution is -1.95. The Balaban J connectivity index is 1.02. The van der Waals surface area contributed by atoms with Crippen molar-refractivity contribution in [2.24, 2.45) is 0 Å². The van der Waals surface area contributed by atoms with Gasteiger partial charge in [-0.1, -0.05) is 176 Å². The molecule has 10 rings (SSSR count). The van der Waals surface area contributed by atoms with Crippen LogP contribution in [0.3, 0.4) is 0 Å². The largest absolute Gasteiger partial charge is 0.455 e. The Morgan fingerprint density at radius 3 is 1.45 bits per heavy atom. The van der Waals surface area contributed by atoms with Crippen LogP contribution < -0.4 is 0 Å². The number of hydrogen-bond donors (Lipinski definition) is 0. The molecule has 8 aromatic carbocycles. The van der Waals surface area contributed by atoms with E-state index in [9.17, 15) is 0 Å². The van der Waals surface area contributed by atoms with Gasteiger partial charge in [0.05, 0.1) is 11.4 Å². The summed E-state index contributed by atoms with van der Waals surface area (Å²) in [7, 11) is 0. The van der Waals surface area contributed by atoms with E-state index in [-0.39, 0.29) is 0 Å². The molecular weight excluding hydrogens is 645 g/mol. The van der Waals surface area contributed by atoms with E-state index >= 15 is 0 Å². The minimum absolute atomic E-state index is 0.714. The quantitative estimate of drug-likeness (QED) is 0.176. The van der Waals surface area contributed by atoms with Crippen LogP contribution in [0.1, 0.15) is 0 Å². The number of benzene rings is 8. The van der Waals surface area contributed by atoms with Crippen molar-refractivity contribution in [3.05, 3.63) is 194 Å². The summed E-state index contributed by atoms with van der Waals surface area (Å²) in [5.41, 5.74) is 13.7. The van der Waals surface area contributed by atoms with E-state index < -0.39 is 0 Å². The Kier molecular flexibility index (Phi) is 7.47. The predicted molar refractivity (Wildman–Crippen MR) is 219 cm³/mol. The number of fused-ring (bicyclic) bond motifs is 5. The molecule has 0 N–H and O–H groups in total. The van der Waals surface area contributed by atoms with E-state index in [0.29, 0.717) is 5.82 Å². The first kappa shape index (κ1) is 30.7. The van der Waals surface area contributed by atoms with Crippen LogP contribution in [0.15, 0.2) is 199 Å². The first-order valence-electron chi connectivity index (χ1n) is 17.9. The van der Waals surface area contributed by atoms with Crippen molar-refractivity contribution >= 4 is 32.7 Å². The molecule has 0 bridgehead atoms. The summed E-state index contributed by atoms with van der Waals surface area (Å²) in [5, 5.41) is 4.58. The fourth-order valence-electron chi connectivity index (χ4n) is 7.49. The number of rotatable bonds is 6. The summed E-state index contributed by atoms with van der Waals surface area (Å²) in [4.78, 5) is 9.95. The molecule has 0 spiro atoms. The summed E-state index contributed by atoms with van der Waals surface area (Å²) in [5.74, 6) is 0.714. The van der Waals surface area contributed by atoms with E-state index in [1.165, 1.54) is 16.5 Å². The second kappa shape index (κ2) is 12.9. The van der Waals surface area contributed by atoms with Gasteiger partial charge in [-0.2, -0.15) is 0 Å². The maximum absolute atomic E-state index is 6.62. The number of hydrogen-bond acceptors (Lipinski definition) is 3. The Morgan fingerprint density at radius 1 is 0.321 bits per heavy atom. The highest BCUT2D eigenvalue weighted by Gasteiger charge is 2.18. The Hall–Kier alpha value is -7.10. The summed E-state index contributed by atoms with van der Waals surface area (Å²) < 4.78 is 6.62. The molecule has 53 heavy (non-hydrogen) atoms. The van der Waals surface area contributed by atoms with Crippen LogP contribution in [-0.2, 0) is 0 Å². The summed E-state index contributed by atoms with van der Waals surface area (Å²) in [6.07, 6.45) is 0. The maximum Gasteiger partial charge on any atom is 0.160 e. The Morgan fingerprint density at radius 2 is 0.811 bits per heavy atom. The van der Waals surface area contributed by atoms with Crippen molar-refractivity contribution in [2.45, 2.75) is 0 Å². The smallest absolute Gasteiger partial charge is 0.160 e. The zero-order valence-electron chi connectivity index (χ0n) is 28.8. The van der Waals surface area contributed by atoms with Gasteiger partial charge in [-0.3, -0.25) is 0 Å². The van der Waals surface area contributed by atoms with Crippen LogP contribution in [0.4, 0.5) is 0 Å². The van der Waals surface area contributed by atoms with Gasteiger partial charge in [0.1, 0.15) is 11.2 Å². The molecule has 0 fully saturated rings. The fourth-order valence-corrected chi connectivity index (χ4v) is 7.49. The molecular formula is C50H32N2O. The van der Waals surface area contributed by atoms with Gasteiger partial charge in [0.25, 0.3) is 0 Å². The first-order valence-corrected chi connectivity index (χ1v) is 17.9. The molecule has 0 saturated carbocycles. The van der Waals surface area contributed by atoms with E-state index in [1.54, 1.807) is 0 Å². The van der Waals surface area contributed by atoms with Crippen LogP contribution in [0.25, 0.3) is 100.0 Å². The van der Waals surface area contributed by atoms with Crippen molar-refractivity contribution in [1.29, 1.82) is 0 Å². The molecule has 0 saturated heterocycles. The van der Waals surface area contributed by atoms with E-state index in [4.69, 9.17) is 14.4 Å². The van der Waals surface area contributed by atoms with Crippen LogP contribution in [0.5, 0.6) is 0 Å². The molecule has 248 valence electrons. The Labute approximate surface area is 307 Å². The predicted octanol–water partition coefficient (Wildman–Crippen LogP) is 13.5. The SMILES string of the molecule is c1ccc(-c2cc(-c3ccc(-c4ccc(-c5cccc6oc7c8ccccc8c(-c8ccccc8)cc7c56)cc4)cc3)nc(-c3ccccc3)n2)cc1. The van der Waals surface area contributed by atoms with Crippen LogP contribution in [0.2, 0.25) is 0 Å². The van der Waals surface area contributed by atoms with Gasteiger partial charge in [0.15, 0.2) is 5.82 Å². The lowest BCUT2D eigenvalue weighted by Gasteiger charge is -2.11. The highest BCUT2D eigenvalue weighted by Crippen LogP contribution is 2.43. The van der Waals surface area contributed by atoms with Crippen molar-refractivity contribution in [1.82, 2.24) is 9.97 Å². The molecule has 0 unspecified atom stereocenters. The maximum atomic E-state index is 6.62. The third-order valence-corrected chi connectivity index (χ3v) is 10.1. The molecule has 0 aliphatic rings. The zero-order valence-corrected chi connectivity index (χ0v) is 28.8. The second-order valence-corrected chi connectivity index (χ2v) is 13.3.